The van der Waals surface area contributed by atoms with E-state index < -0.39 is 11.8 Å². The lowest BCUT2D eigenvalue weighted by atomic mass is 10.1. The lowest BCUT2D eigenvalue weighted by Gasteiger charge is -2.11. The monoisotopic (exact) mass is 456 g/mol. The van der Waals surface area contributed by atoms with Gasteiger partial charge in [-0.25, -0.2) is 4.68 Å². The minimum Gasteiger partial charge on any atom is -0.322 e. The number of hydrazine groups is 1. The molecule has 2 aromatic heterocycles. The van der Waals surface area contributed by atoms with E-state index in [9.17, 15) is 19.2 Å². The van der Waals surface area contributed by atoms with Crippen LogP contribution in [0.4, 0.5) is 5.69 Å². The van der Waals surface area contributed by atoms with Crippen molar-refractivity contribution in [2.24, 2.45) is 0 Å². The molecule has 0 radical (unpaired) electrons. The van der Waals surface area contributed by atoms with Crippen molar-refractivity contribution < 1.29 is 14.4 Å². The summed E-state index contributed by atoms with van der Waals surface area (Å²) in [5.41, 5.74) is 5.36. The summed E-state index contributed by atoms with van der Waals surface area (Å²) in [7, 11) is 0. The molecule has 4 aromatic rings. The third-order valence-electron chi connectivity index (χ3n) is 4.98. The van der Waals surface area contributed by atoms with Crippen LogP contribution >= 0.6 is 0 Å². The van der Waals surface area contributed by atoms with E-state index in [1.807, 2.05) is 0 Å². The molecule has 0 saturated carbocycles. The van der Waals surface area contributed by atoms with Crippen molar-refractivity contribution >= 4 is 34.2 Å². The van der Waals surface area contributed by atoms with Gasteiger partial charge >= 0.3 is 0 Å². The predicted octanol–water partition coefficient (Wildman–Crippen LogP) is 2.14. The highest BCUT2D eigenvalue weighted by Gasteiger charge is 2.17. The van der Waals surface area contributed by atoms with Crippen LogP contribution in [0.5, 0.6) is 0 Å². The Bertz CT molecular complexity index is 1450. The van der Waals surface area contributed by atoms with E-state index in [0.29, 0.717) is 22.0 Å². The number of aromatic nitrogens is 3. The number of carbonyl (C=O) groups is 3. The molecule has 0 aliphatic heterocycles. The number of nitrogens with zero attached hydrogens (tertiary/aromatic N) is 3. The third kappa shape index (κ3) is 4.65. The smallest absolute Gasteiger partial charge is 0.290 e. The van der Waals surface area contributed by atoms with Crippen LogP contribution in [0.3, 0.4) is 0 Å². The minimum atomic E-state index is -0.673. The lowest BCUT2D eigenvalue weighted by molar-refractivity contribution is 0.0843. The molecule has 0 unspecified atom stereocenters. The summed E-state index contributed by atoms with van der Waals surface area (Å²) in [4.78, 5) is 54.0. The number of hydrogen-bond donors (Lipinski definition) is 3. The molecule has 10 heteroatoms. The summed E-state index contributed by atoms with van der Waals surface area (Å²) in [6, 6.07) is 16.1. The fraction of sp³-hybridized carbons (Fsp3) is 0.0833. The van der Waals surface area contributed by atoms with Gasteiger partial charge in [-0.15, -0.1) is 0 Å². The van der Waals surface area contributed by atoms with E-state index in [0.717, 1.165) is 0 Å². The molecule has 0 spiro atoms. The molecular weight excluding hydrogens is 436 g/mol. The largest absolute Gasteiger partial charge is 0.322 e. The van der Waals surface area contributed by atoms with Crippen molar-refractivity contribution in [1.82, 2.24) is 25.6 Å². The maximum atomic E-state index is 12.8. The van der Waals surface area contributed by atoms with Crippen molar-refractivity contribution in [2.75, 3.05) is 5.32 Å². The number of amides is 3. The number of rotatable bonds is 5. The van der Waals surface area contributed by atoms with Crippen molar-refractivity contribution in [2.45, 2.75) is 13.5 Å². The zero-order valence-corrected chi connectivity index (χ0v) is 18.1. The first-order valence-electron chi connectivity index (χ1n) is 10.4. The van der Waals surface area contributed by atoms with Crippen LogP contribution in [0.25, 0.3) is 10.8 Å². The maximum Gasteiger partial charge on any atom is 0.290 e. The summed E-state index contributed by atoms with van der Waals surface area (Å²) in [6.07, 6.45) is 2.99. The number of nitrogens with one attached hydrogen (secondary N) is 3. The van der Waals surface area contributed by atoms with Gasteiger partial charge in [-0.05, 0) is 43.3 Å². The number of anilines is 1. The van der Waals surface area contributed by atoms with E-state index in [2.05, 4.69) is 26.3 Å². The average molecular weight is 456 g/mol. The molecule has 0 bridgehead atoms. The fourth-order valence-electron chi connectivity index (χ4n) is 3.30. The minimum absolute atomic E-state index is 0.00911. The summed E-state index contributed by atoms with van der Waals surface area (Å²) >= 11 is 0. The Kier molecular flexibility index (Phi) is 6.40. The van der Waals surface area contributed by atoms with Crippen LogP contribution in [-0.4, -0.2) is 32.5 Å². The van der Waals surface area contributed by atoms with E-state index in [4.69, 9.17) is 0 Å². The zero-order chi connectivity index (χ0) is 24.1. The average Bonchev–Trinajstić information content (AvgIpc) is 2.88. The van der Waals surface area contributed by atoms with E-state index in [1.165, 1.54) is 23.0 Å². The lowest BCUT2D eigenvalue weighted by Crippen LogP contribution is -2.42. The highest BCUT2D eigenvalue weighted by atomic mass is 16.2. The molecule has 10 nitrogen and oxygen atoms in total. The Labute approximate surface area is 193 Å². The van der Waals surface area contributed by atoms with Crippen molar-refractivity contribution in [1.29, 1.82) is 0 Å². The molecule has 0 aliphatic rings. The van der Waals surface area contributed by atoms with Gasteiger partial charge in [-0.2, -0.15) is 5.10 Å². The van der Waals surface area contributed by atoms with Crippen LogP contribution in [-0.2, 0) is 6.54 Å². The first-order valence-corrected chi connectivity index (χ1v) is 10.4. The number of fused-ring (bicyclic) bond motifs is 1. The van der Waals surface area contributed by atoms with Crippen LogP contribution in [0.15, 0.2) is 77.9 Å². The number of carbonyl (C=O) groups excluding carboxylic acids is 3. The molecule has 3 amide bonds. The Balaban J connectivity index is 1.48. The van der Waals surface area contributed by atoms with Gasteiger partial charge in [0.1, 0.15) is 0 Å². The van der Waals surface area contributed by atoms with Gasteiger partial charge in [-0.1, -0.05) is 24.3 Å². The molecule has 0 aliphatic carbocycles. The van der Waals surface area contributed by atoms with Crippen molar-refractivity contribution in [3.8, 4) is 0 Å². The molecular formula is C24H20N6O4. The SMILES string of the molecule is CCn1nc(C(=O)NNC(=O)c2cccc(NC(=O)c3cccnc3)c2)c2ccccc2c1=O. The summed E-state index contributed by atoms with van der Waals surface area (Å²) in [5, 5.41) is 7.56. The van der Waals surface area contributed by atoms with Gasteiger partial charge in [0.15, 0.2) is 5.69 Å². The van der Waals surface area contributed by atoms with E-state index in [1.54, 1.807) is 61.7 Å². The van der Waals surface area contributed by atoms with Gasteiger partial charge in [0.05, 0.1) is 10.9 Å². The van der Waals surface area contributed by atoms with Gasteiger partial charge in [0, 0.05) is 35.6 Å². The standard InChI is InChI=1S/C24H20N6O4/c1-2-30-24(34)19-11-4-3-10-18(19)20(29-30)23(33)28-27-22(32)15-7-5-9-17(13-15)26-21(31)16-8-6-12-25-14-16/h3-14H,2H2,1H3,(H,26,31)(H,27,32)(H,28,33). The molecule has 170 valence electrons. The third-order valence-corrected chi connectivity index (χ3v) is 4.98. The van der Waals surface area contributed by atoms with Crippen LogP contribution in [0.1, 0.15) is 38.1 Å². The molecule has 0 saturated heterocycles. The highest BCUT2D eigenvalue weighted by Crippen LogP contribution is 2.14. The predicted molar refractivity (Wildman–Crippen MR) is 125 cm³/mol. The topological polar surface area (TPSA) is 135 Å². The van der Waals surface area contributed by atoms with Crippen LogP contribution in [0, 0.1) is 0 Å². The Hall–Kier alpha value is -4.86. The second-order valence-electron chi connectivity index (χ2n) is 7.20. The molecule has 2 aromatic carbocycles. The fourth-order valence-corrected chi connectivity index (χ4v) is 3.30. The summed E-state index contributed by atoms with van der Waals surface area (Å²) < 4.78 is 1.19. The summed E-state index contributed by atoms with van der Waals surface area (Å²) in [6.45, 7) is 2.03. The quantitative estimate of drug-likeness (QED) is 0.394. The second kappa shape index (κ2) is 9.74. The van der Waals surface area contributed by atoms with Gasteiger partial charge in [0.25, 0.3) is 23.3 Å². The van der Waals surface area contributed by atoms with Gasteiger partial charge in [-0.3, -0.25) is 35.0 Å². The molecule has 0 atom stereocenters. The Morgan fingerprint density at radius 3 is 2.32 bits per heavy atom. The number of hydrogen-bond acceptors (Lipinski definition) is 6. The second-order valence-corrected chi connectivity index (χ2v) is 7.20. The highest BCUT2D eigenvalue weighted by molar-refractivity contribution is 6.07. The first-order chi connectivity index (χ1) is 16.5. The zero-order valence-electron chi connectivity index (χ0n) is 18.1. The number of pyridine rings is 1. The Morgan fingerprint density at radius 1 is 0.853 bits per heavy atom. The number of benzene rings is 2. The van der Waals surface area contributed by atoms with E-state index >= 15 is 0 Å². The Morgan fingerprint density at radius 2 is 1.59 bits per heavy atom. The van der Waals surface area contributed by atoms with Crippen molar-refractivity contribution in [3.05, 3.63) is 100 Å². The van der Waals surface area contributed by atoms with Crippen molar-refractivity contribution in [3.63, 3.8) is 0 Å². The van der Waals surface area contributed by atoms with Gasteiger partial charge in [0.2, 0.25) is 0 Å². The normalized spacial score (nSPS) is 10.5. The van der Waals surface area contributed by atoms with Gasteiger partial charge < -0.3 is 5.32 Å². The molecule has 3 N–H and O–H groups in total. The molecule has 2 heterocycles. The van der Waals surface area contributed by atoms with Crippen LogP contribution in [0.2, 0.25) is 0 Å². The molecule has 34 heavy (non-hydrogen) atoms. The maximum absolute atomic E-state index is 12.8. The molecule has 4 rings (SSSR count). The number of aryl methyl sites for hydroxylation is 1. The summed E-state index contributed by atoms with van der Waals surface area (Å²) in [5.74, 6) is -1.64. The van der Waals surface area contributed by atoms with E-state index in [-0.39, 0.29) is 29.3 Å². The van der Waals surface area contributed by atoms with Crippen LogP contribution < -0.4 is 21.7 Å². The molecule has 0 fully saturated rings. The first kappa shape index (κ1) is 22.3.